The Labute approximate surface area is 337 Å². The van der Waals surface area contributed by atoms with E-state index in [1.807, 2.05) is 0 Å². The van der Waals surface area contributed by atoms with Crippen molar-refractivity contribution in [3.05, 3.63) is 215 Å². The van der Waals surface area contributed by atoms with Gasteiger partial charge in [-0.05, 0) is 99.1 Å². The molecule has 0 saturated carbocycles. The van der Waals surface area contributed by atoms with E-state index in [1.54, 1.807) is 0 Å². The van der Waals surface area contributed by atoms with E-state index in [2.05, 4.69) is 224 Å². The van der Waals surface area contributed by atoms with Gasteiger partial charge >= 0.3 is 0 Å². The molecule has 0 heterocycles. The van der Waals surface area contributed by atoms with E-state index < -0.39 is 0 Å². The minimum Gasteiger partial charge on any atom is -0.0619 e. The van der Waals surface area contributed by atoms with Crippen LogP contribution in [0.4, 0.5) is 0 Å². The molecule has 276 valence electrons. The fourth-order valence-electron chi connectivity index (χ4n) is 10.4. The first-order valence-corrected chi connectivity index (χ1v) is 20.4. The molecular weight excluding hydrogens is 685 g/mol. The lowest BCUT2D eigenvalue weighted by atomic mass is 9.82. The zero-order valence-electron chi connectivity index (χ0n) is 33.8. The molecule has 12 rings (SSSR count). The summed E-state index contributed by atoms with van der Waals surface area (Å²) in [4.78, 5) is 0. The third-order valence-electron chi connectivity index (χ3n) is 13.4. The molecule has 0 saturated heterocycles. The van der Waals surface area contributed by atoms with Gasteiger partial charge < -0.3 is 0 Å². The first kappa shape index (κ1) is 35.2. The summed E-state index contributed by atoms with van der Waals surface area (Å²) in [5.41, 5.74) is 17.5. The van der Waals surface area contributed by atoms with E-state index in [1.165, 1.54) is 99.1 Å². The Morgan fingerprint density at radius 1 is 0.228 bits per heavy atom. The van der Waals surface area contributed by atoms with Crippen LogP contribution in [0.25, 0.3) is 65.7 Å². The smallest absolute Gasteiger partial charge is 0.0159 e. The van der Waals surface area contributed by atoms with Gasteiger partial charge in [0.2, 0.25) is 0 Å². The van der Waals surface area contributed by atoms with E-state index in [4.69, 9.17) is 0 Å². The molecule has 0 fully saturated rings. The zero-order chi connectivity index (χ0) is 39.1. The molecule has 0 aliphatic heterocycles. The molecule has 3 aliphatic carbocycles. The van der Waals surface area contributed by atoms with E-state index in [9.17, 15) is 0 Å². The molecule has 0 amide bonds. The maximum Gasteiger partial charge on any atom is 0.0159 e. The highest BCUT2D eigenvalue weighted by atomic mass is 14.4. The Kier molecular flexibility index (Phi) is 7.97. The summed E-state index contributed by atoms with van der Waals surface area (Å²) in [6, 6.07) is 66.2. The average molecular weight is 733 g/mol. The molecule has 0 unspecified atom stereocenters. The van der Waals surface area contributed by atoms with Crippen LogP contribution in [0.15, 0.2) is 182 Å². The molecule has 0 aromatic heterocycles. The maximum absolute atomic E-state index is 2.35. The number of benzene rings is 9. The van der Waals surface area contributed by atoms with Crippen molar-refractivity contribution < 1.29 is 0 Å². The highest BCUT2D eigenvalue weighted by molar-refractivity contribution is 6.11. The van der Waals surface area contributed by atoms with Crippen molar-refractivity contribution in [3.8, 4) is 33.4 Å². The molecule has 3 aliphatic rings. The third kappa shape index (κ3) is 5.27. The Morgan fingerprint density at radius 3 is 0.947 bits per heavy atom. The first-order chi connectivity index (χ1) is 27.6. The second-order valence-corrected chi connectivity index (χ2v) is 17.6. The van der Waals surface area contributed by atoms with Crippen molar-refractivity contribution in [2.75, 3.05) is 0 Å². The predicted molar refractivity (Wildman–Crippen MR) is 245 cm³/mol. The minimum absolute atomic E-state index is 0.0543. The fourth-order valence-corrected chi connectivity index (χ4v) is 10.4. The van der Waals surface area contributed by atoms with E-state index in [-0.39, 0.29) is 16.2 Å². The van der Waals surface area contributed by atoms with Gasteiger partial charge in [-0.2, -0.15) is 0 Å². The van der Waals surface area contributed by atoms with Gasteiger partial charge in [-0.25, -0.2) is 0 Å². The average Bonchev–Trinajstić information content (AvgIpc) is 3.74. The first-order valence-electron chi connectivity index (χ1n) is 20.4. The molecule has 0 N–H and O–H groups in total. The van der Waals surface area contributed by atoms with Gasteiger partial charge in [0.1, 0.15) is 0 Å². The topological polar surface area (TPSA) is 0 Å². The van der Waals surface area contributed by atoms with E-state index in [0.29, 0.717) is 0 Å². The lowest BCUT2D eigenvalue weighted by Gasteiger charge is -2.21. The molecule has 9 aromatic carbocycles. The van der Waals surface area contributed by atoms with Gasteiger partial charge in [0.05, 0.1) is 0 Å². The summed E-state index contributed by atoms with van der Waals surface area (Å²) in [6.45, 7) is 14.0. The molecule has 0 heteroatoms. The zero-order valence-corrected chi connectivity index (χ0v) is 33.8. The molecule has 57 heavy (non-hydrogen) atoms. The van der Waals surface area contributed by atoms with Gasteiger partial charge in [0, 0.05) is 16.2 Å². The molecule has 0 bridgehead atoms. The molecule has 0 nitrogen and oxygen atoms in total. The number of fused-ring (bicyclic) bond motifs is 15. The van der Waals surface area contributed by atoms with Crippen LogP contribution in [0.3, 0.4) is 0 Å². The number of rotatable bonds is 0. The SMILES string of the molecule is CC1(C)c2ccc3ccccc3c2-c2c1ccc1ccccc21.CC1(C)c2ccccc2-c2c1ccc1ccccc21.CC1(C)c2ccccc2-c2ccccc21. The van der Waals surface area contributed by atoms with Crippen molar-refractivity contribution in [1.82, 2.24) is 0 Å². The number of hydrogen-bond acceptors (Lipinski definition) is 0. The van der Waals surface area contributed by atoms with Gasteiger partial charge in [0.25, 0.3) is 0 Å². The van der Waals surface area contributed by atoms with Crippen LogP contribution < -0.4 is 0 Å². The second-order valence-electron chi connectivity index (χ2n) is 17.6. The molecule has 0 atom stereocenters. The van der Waals surface area contributed by atoms with Crippen LogP contribution in [0.5, 0.6) is 0 Å². The van der Waals surface area contributed by atoms with Crippen LogP contribution in [0, 0.1) is 0 Å². The van der Waals surface area contributed by atoms with Crippen molar-refractivity contribution >= 4 is 32.3 Å². The van der Waals surface area contributed by atoms with Crippen LogP contribution in [0.1, 0.15) is 74.9 Å². The van der Waals surface area contributed by atoms with Crippen molar-refractivity contribution in [2.45, 2.75) is 57.8 Å². The Balaban J connectivity index is 0.000000107. The Morgan fingerprint density at radius 2 is 0.509 bits per heavy atom. The molecule has 9 aromatic rings. The standard InChI is InChI=1S/C23H18.C19H16.C15H14/c1-23(2)19-13-11-15-7-3-5-9-17(15)21(19)22-18-10-6-4-8-16(18)12-14-20(22)23;1-19(2)16-10-6-5-9-15(16)18-14-8-4-3-7-13(14)11-12-17(18)19;1-15(2)13-9-5-3-7-11(13)12-8-4-6-10-14(12)15/h3-14H,1-2H3;3-12H,1-2H3;3-10H,1-2H3. The van der Waals surface area contributed by atoms with Gasteiger partial charge in [0.15, 0.2) is 0 Å². The summed E-state index contributed by atoms with van der Waals surface area (Å²) < 4.78 is 0. The normalized spacial score (nSPS) is 15.3. The van der Waals surface area contributed by atoms with E-state index in [0.717, 1.165) is 0 Å². The summed E-state index contributed by atoms with van der Waals surface area (Å²) in [5.74, 6) is 0. The third-order valence-corrected chi connectivity index (χ3v) is 13.4. The van der Waals surface area contributed by atoms with Gasteiger partial charge in [-0.15, -0.1) is 0 Å². The lowest BCUT2D eigenvalue weighted by Crippen LogP contribution is -2.14. The molecule has 0 radical (unpaired) electrons. The largest absolute Gasteiger partial charge is 0.0619 e. The van der Waals surface area contributed by atoms with Crippen LogP contribution in [0.2, 0.25) is 0 Å². The van der Waals surface area contributed by atoms with Crippen molar-refractivity contribution in [2.24, 2.45) is 0 Å². The molecule has 0 spiro atoms. The Hall–Kier alpha value is -6.24. The maximum atomic E-state index is 2.35. The summed E-state index contributed by atoms with van der Waals surface area (Å²) in [5, 5.41) is 8.08. The van der Waals surface area contributed by atoms with Crippen molar-refractivity contribution in [1.29, 1.82) is 0 Å². The number of hydrogen-bond donors (Lipinski definition) is 0. The van der Waals surface area contributed by atoms with Gasteiger partial charge in [-0.1, -0.05) is 224 Å². The highest BCUT2D eigenvalue weighted by Crippen LogP contribution is 2.54. The summed E-state index contributed by atoms with van der Waals surface area (Å²) >= 11 is 0. The fraction of sp³-hybridized carbons (Fsp3) is 0.158. The quantitative estimate of drug-likeness (QED) is 0.146. The lowest BCUT2D eigenvalue weighted by molar-refractivity contribution is 0.660. The van der Waals surface area contributed by atoms with Crippen LogP contribution in [-0.4, -0.2) is 0 Å². The summed E-state index contributed by atoms with van der Waals surface area (Å²) in [6.07, 6.45) is 0. The minimum atomic E-state index is 0.0543. The van der Waals surface area contributed by atoms with E-state index >= 15 is 0 Å². The second kappa shape index (κ2) is 12.9. The van der Waals surface area contributed by atoms with Gasteiger partial charge in [-0.3, -0.25) is 0 Å². The van der Waals surface area contributed by atoms with Crippen LogP contribution >= 0.6 is 0 Å². The van der Waals surface area contributed by atoms with Crippen molar-refractivity contribution in [3.63, 3.8) is 0 Å². The predicted octanol–water partition coefficient (Wildman–Crippen LogP) is 15.4. The Bertz CT molecular complexity index is 2910. The molecular formula is C57H48. The highest BCUT2D eigenvalue weighted by Gasteiger charge is 2.38. The monoisotopic (exact) mass is 732 g/mol. The summed E-state index contributed by atoms with van der Waals surface area (Å²) in [7, 11) is 0. The van der Waals surface area contributed by atoms with Crippen LogP contribution in [-0.2, 0) is 16.2 Å².